The van der Waals surface area contributed by atoms with Crippen LogP contribution in [0.1, 0.15) is 29.7 Å². The minimum Gasteiger partial charge on any atom is -0.389 e. The molecule has 1 amide bonds. The van der Waals surface area contributed by atoms with Crippen LogP contribution in [-0.4, -0.2) is 16.0 Å². The second kappa shape index (κ2) is 5.54. The number of aliphatic hydroxyl groups excluding tert-OH is 1. The van der Waals surface area contributed by atoms with E-state index >= 15 is 0 Å². The first-order valence-electron chi connectivity index (χ1n) is 6.94. The molecule has 1 N–H and O–H groups in total. The molecule has 0 bridgehead atoms. The maximum Gasteiger partial charge on any atom is 0.352 e. The number of amides is 1. The monoisotopic (exact) mass is 338 g/mol. The lowest BCUT2D eigenvalue weighted by molar-refractivity contribution is -0.141. The van der Waals surface area contributed by atoms with Gasteiger partial charge in [0.1, 0.15) is 5.15 Å². The molecule has 23 heavy (non-hydrogen) atoms. The highest BCUT2D eigenvalue weighted by molar-refractivity contribution is 6.29. The number of carbonyl (C=O) groups is 1. The zero-order valence-electron chi connectivity index (χ0n) is 12.1. The third-order valence-corrected chi connectivity index (χ3v) is 3.98. The average Bonchev–Trinajstić information content (AvgIpc) is 2.68. The quantitative estimate of drug-likeness (QED) is 0.872. The number of fused-ring (bicyclic) bond motifs is 1. The lowest BCUT2D eigenvalue weighted by Crippen LogP contribution is -2.34. The molecule has 1 aliphatic rings. The molecule has 0 saturated carbocycles. The number of nitrogens with zero attached hydrogens (tertiary/aromatic N) is 2. The highest BCUT2D eigenvalue weighted by Crippen LogP contribution is 2.47. The topological polar surface area (TPSA) is 53.4 Å². The molecular weight excluding hydrogens is 326 g/mol. The molecule has 0 spiro atoms. The third-order valence-electron chi connectivity index (χ3n) is 3.77. The van der Waals surface area contributed by atoms with E-state index in [-0.39, 0.29) is 22.9 Å². The number of hydrogen-bond donors (Lipinski definition) is 1. The summed E-state index contributed by atoms with van der Waals surface area (Å²) >= 11 is 5.79. The summed E-state index contributed by atoms with van der Waals surface area (Å²) in [6.45, 7) is 1.34. The Bertz CT molecular complexity index is 780. The van der Waals surface area contributed by atoms with Gasteiger partial charge in [0.05, 0.1) is 23.9 Å². The summed E-state index contributed by atoms with van der Waals surface area (Å²) < 4.78 is 28.9. The van der Waals surface area contributed by atoms with Gasteiger partial charge < -0.3 is 10.0 Å². The predicted molar refractivity (Wildman–Crippen MR) is 81.4 cm³/mol. The highest BCUT2D eigenvalue weighted by Gasteiger charge is 2.54. The van der Waals surface area contributed by atoms with Gasteiger partial charge in [0.25, 0.3) is 0 Å². The maximum absolute atomic E-state index is 14.4. The Morgan fingerprint density at radius 3 is 2.78 bits per heavy atom. The van der Waals surface area contributed by atoms with E-state index in [1.807, 2.05) is 0 Å². The summed E-state index contributed by atoms with van der Waals surface area (Å²) in [5, 5.41) is 9.95. The summed E-state index contributed by atoms with van der Waals surface area (Å²) in [6, 6.07) is 7.51. The van der Waals surface area contributed by atoms with Crippen molar-refractivity contribution in [1.82, 2.24) is 4.98 Å². The second-order valence-electron chi connectivity index (χ2n) is 5.37. The molecule has 2 heterocycles. The molecule has 1 atom stereocenters. The van der Waals surface area contributed by atoms with Crippen molar-refractivity contribution >= 4 is 23.2 Å². The van der Waals surface area contributed by atoms with Crippen molar-refractivity contribution in [3.63, 3.8) is 0 Å². The van der Waals surface area contributed by atoms with Crippen LogP contribution in [0.15, 0.2) is 36.5 Å². The molecule has 4 nitrogen and oxygen atoms in total. The van der Waals surface area contributed by atoms with Crippen LogP contribution in [0.5, 0.6) is 0 Å². The lowest BCUT2D eigenvalue weighted by Gasteiger charge is -2.17. The van der Waals surface area contributed by atoms with Gasteiger partial charge in [-0.2, -0.15) is 8.78 Å². The Kier molecular flexibility index (Phi) is 3.82. The molecule has 0 fully saturated rings. The number of carbonyl (C=O) groups excluding carboxylic acids is 1. The predicted octanol–water partition coefficient (Wildman–Crippen LogP) is 3.43. The Hall–Kier alpha value is -2.05. The van der Waals surface area contributed by atoms with Crippen LogP contribution in [0.3, 0.4) is 0 Å². The SMILES string of the molecule is C[C@H](O)c1cccc2c1C(F)(F)C(=O)N2Cc1ccnc(Cl)c1. The van der Waals surface area contributed by atoms with Gasteiger partial charge in [0.15, 0.2) is 0 Å². The summed E-state index contributed by atoms with van der Waals surface area (Å²) in [6.07, 6.45) is 0.350. The minimum atomic E-state index is -3.67. The van der Waals surface area contributed by atoms with E-state index in [1.54, 1.807) is 12.1 Å². The van der Waals surface area contributed by atoms with E-state index in [4.69, 9.17) is 11.6 Å². The van der Waals surface area contributed by atoms with E-state index in [0.717, 1.165) is 4.90 Å². The number of aliphatic hydroxyl groups is 1. The number of rotatable bonds is 3. The number of anilines is 1. The number of halogens is 3. The molecule has 1 aromatic heterocycles. The fourth-order valence-corrected chi connectivity index (χ4v) is 2.94. The lowest BCUT2D eigenvalue weighted by atomic mass is 9.98. The number of alkyl halides is 2. The van der Waals surface area contributed by atoms with Gasteiger partial charge >= 0.3 is 11.8 Å². The van der Waals surface area contributed by atoms with Crippen molar-refractivity contribution < 1.29 is 18.7 Å². The minimum absolute atomic E-state index is 0.0487. The van der Waals surface area contributed by atoms with Crippen LogP contribution < -0.4 is 4.90 Å². The fraction of sp³-hybridized carbons (Fsp3) is 0.250. The Labute approximate surface area is 136 Å². The summed E-state index contributed by atoms with van der Waals surface area (Å²) in [5.74, 6) is -4.98. The second-order valence-corrected chi connectivity index (χ2v) is 5.76. The number of pyridine rings is 1. The molecule has 1 aromatic carbocycles. The molecule has 0 aliphatic carbocycles. The van der Waals surface area contributed by atoms with Gasteiger partial charge in [0.2, 0.25) is 0 Å². The molecule has 7 heteroatoms. The Balaban J connectivity index is 2.08. The largest absolute Gasteiger partial charge is 0.389 e. The first-order chi connectivity index (χ1) is 10.8. The van der Waals surface area contributed by atoms with Gasteiger partial charge in [-0.05, 0) is 36.2 Å². The summed E-state index contributed by atoms with van der Waals surface area (Å²) in [7, 11) is 0. The van der Waals surface area contributed by atoms with Crippen molar-refractivity contribution in [2.45, 2.75) is 25.5 Å². The van der Waals surface area contributed by atoms with Crippen LogP contribution in [0.4, 0.5) is 14.5 Å². The van der Waals surface area contributed by atoms with Gasteiger partial charge in [0, 0.05) is 6.20 Å². The molecule has 0 radical (unpaired) electrons. The number of aromatic nitrogens is 1. The van der Waals surface area contributed by atoms with E-state index < -0.39 is 23.5 Å². The van der Waals surface area contributed by atoms with Crippen LogP contribution in [0, 0.1) is 0 Å². The average molecular weight is 339 g/mol. The van der Waals surface area contributed by atoms with Crippen LogP contribution in [0.2, 0.25) is 5.15 Å². The number of benzene rings is 1. The van der Waals surface area contributed by atoms with Crippen molar-refractivity contribution in [3.05, 3.63) is 58.4 Å². The van der Waals surface area contributed by atoms with E-state index in [1.165, 1.54) is 31.3 Å². The molecule has 2 aromatic rings. The summed E-state index contributed by atoms with van der Waals surface area (Å²) in [5.41, 5.74) is 0.312. The Morgan fingerprint density at radius 2 is 2.13 bits per heavy atom. The fourth-order valence-electron chi connectivity index (χ4n) is 2.74. The first kappa shape index (κ1) is 15.8. The van der Waals surface area contributed by atoms with E-state index in [9.17, 15) is 18.7 Å². The van der Waals surface area contributed by atoms with Crippen molar-refractivity contribution in [2.24, 2.45) is 0 Å². The third kappa shape index (κ3) is 2.58. The molecule has 3 rings (SSSR count). The van der Waals surface area contributed by atoms with Gasteiger partial charge in [-0.15, -0.1) is 0 Å². The Morgan fingerprint density at radius 1 is 1.39 bits per heavy atom. The standard InChI is InChI=1S/C16H13ClF2N2O2/c1-9(22)11-3-2-4-12-14(11)16(18,19)15(23)21(12)8-10-5-6-20-13(17)7-10/h2-7,9,22H,8H2,1H3/t9-/m0/s1. The van der Waals surface area contributed by atoms with E-state index in [2.05, 4.69) is 4.98 Å². The summed E-state index contributed by atoms with van der Waals surface area (Å²) in [4.78, 5) is 17.0. The van der Waals surface area contributed by atoms with Gasteiger partial charge in [-0.25, -0.2) is 4.98 Å². The number of hydrogen-bond acceptors (Lipinski definition) is 3. The van der Waals surface area contributed by atoms with E-state index in [0.29, 0.717) is 5.56 Å². The van der Waals surface area contributed by atoms with Gasteiger partial charge in [-0.3, -0.25) is 4.79 Å². The maximum atomic E-state index is 14.4. The zero-order chi connectivity index (χ0) is 16.8. The zero-order valence-corrected chi connectivity index (χ0v) is 12.9. The van der Waals surface area contributed by atoms with Crippen LogP contribution >= 0.6 is 11.6 Å². The van der Waals surface area contributed by atoms with Crippen LogP contribution in [0.25, 0.3) is 0 Å². The van der Waals surface area contributed by atoms with Gasteiger partial charge in [-0.1, -0.05) is 23.7 Å². The molecule has 0 unspecified atom stereocenters. The molecule has 120 valence electrons. The van der Waals surface area contributed by atoms with Crippen LogP contribution in [-0.2, 0) is 17.3 Å². The van der Waals surface area contributed by atoms with Crippen molar-refractivity contribution in [3.8, 4) is 0 Å². The molecule has 1 aliphatic heterocycles. The van der Waals surface area contributed by atoms with Crippen molar-refractivity contribution in [1.29, 1.82) is 0 Å². The molecule has 0 saturated heterocycles. The highest BCUT2D eigenvalue weighted by atomic mass is 35.5. The smallest absolute Gasteiger partial charge is 0.352 e. The normalized spacial score (nSPS) is 17.3. The first-order valence-corrected chi connectivity index (χ1v) is 7.32. The van der Waals surface area contributed by atoms with Crippen molar-refractivity contribution in [2.75, 3.05) is 4.90 Å². The molecular formula is C16H13ClF2N2O2.